The summed E-state index contributed by atoms with van der Waals surface area (Å²) >= 11 is 0. The van der Waals surface area contributed by atoms with Gasteiger partial charge in [0.2, 0.25) is 0 Å². The third-order valence-corrected chi connectivity index (χ3v) is 7.76. The Bertz CT molecular complexity index is 1620. The highest BCUT2D eigenvalue weighted by Gasteiger charge is 2.21. The van der Waals surface area contributed by atoms with Crippen molar-refractivity contribution in [3.63, 3.8) is 0 Å². The van der Waals surface area contributed by atoms with Gasteiger partial charge in [0.25, 0.3) is 0 Å². The van der Waals surface area contributed by atoms with Crippen LogP contribution in [0.15, 0.2) is 85.1 Å². The molecule has 1 heteroatoms. The highest BCUT2D eigenvalue weighted by Crippen LogP contribution is 2.36. The van der Waals surface area contributed by atoms with Crippen molar-refractivity contribution in [2.24, 2.45) is 0 Å². The van der Waals surface area contributed by atoms with Gasteiger partial charge in [-0.1, -0.05) is 123 Å². The Balaban J connectivity index is 1.63. The van der Waals surface area contributed by atoms with Crippen molar-refractivity contribution in [1.82, 2.24) is 4.98 Å². The Morgan fingerprint density at radius 1 is 0.421 bits per heavy atom. The minimum Gasteiger partial charge on any atom is -0.256 e. The lowest BCUT2D eigenvalue weighted by Crippen LogP contribution is -2.16. The molecule has 5 rings (SSSR count). The van der Waals surface area contributed by atoms with Gasteiger partial charge in [0.05, 0.1) is 5.69 Å². The largest absolute Gasteiger partial charge is 0.256 e. The van der Waals surface area contributed by atoms with E-state index in [1.807, 2.05) is 6.20 Å². The molecule has 0 saturated heterocycles. The Morgan fingerprint density at radius 2 is 1.03 bits per heavy atom. The summed E-state index contributed by atoms with van der Waals surface area (Å²) in [5.74, 6) is 0. The van der Waals surface area contributed by atoms with E-state index in [9.17, 15) is 0 Å². The summed E-state index contributed by atoms with van der Waals surface area (Å²) in [6.07, 6.45) is 1.95. The minimum atomic E-state index is 0.0815. The quantitative estimate of drug-likeness (QED) is 0.220. The number of nitrogens with zero attached hydrogens (tertiary/aromatic N) is 1. The van der Waals surface area contributed by atoms with E-state index in [1.165, 1.54) is 49.4 Å². The summed E-state index contributed by atoms with van der Waals surface area (Å²) in [7, 11) is 0. The highest BCUT2D eigenvalue weighted by molar-refractivity contribution is 6.08. The molecule has 0 fully saturated rings. The standard InChI is InChI=1S/C37H41N/c1-35(2,3)29-14-15-32-26(18-29)12-10-24-11-13-27(21-33(24)32)34-22-25(16-17-38-34)28-19-30(36(4,5)6)23-31(20-28)37(7,8)9/h10-23H,1-9H3. The van der Waals surface area contributed by atoms with Crippen LogP contribution in [0, 0.1) is 0 Å². The van der Waals surface area contributed by atoms with Crippen LogP contribution in [-0.2, 0) is 16.2 Å². The summed E-state index contributed by atoms with van der Waals surface area (Å²) < 4.78 is 0. The van der Waals surface area contributed by atoms with Gasteiger partial charge in [-0.2, -0.15) is 0 Å². The molecule has 0 aliphatic rings. The van der Waals surface area contributed by atoms with Crippen LogP contribution in [0.1, 0.15) is 79.0 Å². The van der Waals surface area contributed by atoms with Gasteiger partial charge in [-0.25, -0.2) is 0 Å². The van der Waals surface area contributed by atoms with Crippen molar-refractivity contribution in [2.75, 3.05) is 0 Å². The molecule has 38 heavy (non-hydrogen) atoms. The van der Waals surface area contributed by atoms with Crippen molar-refractivity contribution in [3.05, 3.63) is 102 Å². The van der Waals surface area contributed by atoms with Crippen molar-refractivity contribution < 1.29 is 0 Å². The smallest absolute Gasteiger partial charge is 0.0708 e. The molecule has 1 heterocycles. The zero-order valence-electron chi connectivity index (χ0n) is 24.5. The van der Waals surface area contributed by atoms with Gasteiger partial charge in [0, 0.05) is 11.8 Å². The Morgan fingerprint density at radius 3 is 1.66 bits per heavy atom. The molecule has 0 aliphatic carbocycles. The van der Waals surface area contributed by atoms with Crippen LogP contribution < -0.4 is 0 Å². The average molecular weight is 500 g/mol. The molecule has 0 aliphatic heterocycles. The second-order valence-electron chi connectivity index (χ2n) is 13.9. The first-order chi connectivity index (χ1) is 17.7. The van der Waals surface area contributed by atoms with Crippen LogP contribution in [0.4, 0.5) is 0 Å². The van der Waals surface area contributed by atoms with Gasteiger partial charge in [-0.3, -0.25) is 4.98 Å². The number of rotatable bonds is 2. The van der Waals surface area contributed by atoms with E-state index >= 15 is 0 Å². The molecule has 0 spiro atoms. The van der Waals surface area contributed by atoms with E-state index in [2.05, 4.69) is 141 Å². The lowest BCUT2D eigenvalue weighted by atomic mass is 9.79. The van der Waals surface area contributed by atoms with Gasteiger partial charge in [0.1, 0.15) is 0 Å². The molecule has 4 aromatic carbocycles. The number of fused-ring (bicyclic) bond motifs is 3. The molecule has 0 atom stereocenters. The highest BCUT2D eigenvalue weighted by atomic mass is 14.7. The van der Waals surface area contributed by atoms with Crippen LogP contribution in [0.2, 0.25) is 0 Å². The zero-order valence-corrected chi connectivity index (χ0v) is 24.5. The number of benzene rings is 4. The predicted octanol–water partition coefficient (Wildman–Crippen LogP) is 10.6. The zero-order chi connectivity index (χ0) is 27.5. The molecule has 1 aromatic heterocycles. The molecule has 0 N–H and O–H groups in total. The first-order valence-electron chi connectivity index (χ1n) is 13.8. The van der Waals surface area contributed by atoms with E-state index in [4.69, 9.17) is 4.98 Å². The number of hydrogen-bond acceptors (Lipinski definition) is 1. The molecule has 0 saturated carbocycles. The van der Waals surface area contributed by atoms with Crippen LogP contribution in [-0.4, -0.2) is 4.98 Å². The molecular weight excluding hydrogens is 458 g/mol. The van der Waals surface area contributed by atoms with Crippen molar-refractivity contribution in [3.8, 4) is 22.4 Å². The second kappa shape index (κ2) is 9.09. The fourth-order valence-corrected chi connectivity index (χ4v) is 5.11. The molecule has 0 radical (unpaired) electrons. The Hall–Kier alpha value is -3.45. The summed E-state index contributed by atoms with van der Waals surface area (Å²) in [6.45, 7) is 20.6. The average Bonchev–Trinajstić information content (AvgIpc) is 2.86. The van der Waals surface area contributed by atoms with E-state index in [1.54, 1.807) is 0 Å². The van der Waals surface area contributed by atoms with E-state index < -0.39 is 0 Å². The second-order valence-corrected chi connectivity index (χ2v) is 13.9. The lowest BCUT2D eigenvalue weighted by Gasteiger charge is -2.26. The van der Waals surface area contributed by atoms with Gasteiger partial charge in [-0.15, -0.1) is 0 Å². The first kappa shape index (κ1) is 26.2. The van der Waals surface area contributed by atoms with Crippen LogP contribution in [0.25, 0.3) is 43.9 Å². The predicted molar refractivity (Wildman–Crippen MR) is 166 cm³/mol. The van der Waals surface area contributed by atoms with Crippen LogP contribution >= 0.6 is 0 Å². The summed E-state index contributed by atoms with van der Waals surface area (Å²) in [5, 5.41) is 5.12. The molecule has 0 bridgehead atoms. The Kier molecular flexibility index (Phi) is 6.26. The third-order valence-electron chi connectivity index (χ3n) is 7.76. The molecule has 194 valence electrons. The molecule has 0 amide bonds. The molecular formula is C37H41N. The van der Waals surface area contributed by atoms with Gasteiger partial charge >= 0.3 is 0 Å². The van der Waals surface area contributed by atoms with E-state index in [0.29, 0.717) is 0 Å². The lowest BCUT2D eigenvalue weighted by molar-refractivity contribution is 0.569. The maximum Gasteiger partial charge on any atom is 0.0708 e. The molecule has 1 nitrogen and oxygen atoms in total. The summed E-state index contributed by atoms with van der Waals surface area (Å²) in [5.41, 5.74) is 9.01. The maximum atomic E-state index is 4.81. The SMILES string of the molecule is CC(C)(C)c1cc(-c2ccnc(-c3ccc4ccc5cc(C(C)(C)C)ccc5c4c3)c2)cc(C(C)(C)C)c1. The van der Waals surface area contributed by atoms with Crippen LogP contribution in [0.3, 0.4) is 0 Å². The number of hydrogen-bond donors (Lipinski definition) is 0. The monoisotopic (exact) mass is 499 g/mol. The Labute approximate surface area is 229 Å². The van der Waals surface area contributed by atoms with Crippen molar-refractivity contribution >= 4 is 21.5 Å². The molecule has 5 aromatic rings. The first-order valence-corrected chi connectivity index (χ1v) is 13.8. The van der Waals surface area contributed by atoms with Crippen molar-refractivity contribution in [2.45, 2.75) is 78.6 Å². The normalized spacial score (nSPS) is 12.9. The topological polar surface area (TPSA) is 12.9 Å². The van der Waals surface area contributed by atoms with Crippen molar-refractivity contribution in [1.29, 1.82) is 0 Å². The van der Waals surface area contributed by atoms with Gasteiger partial charge < -0.3 is 0 Å². The summed E-state index contributed by atoms with van der Waals surface area (Å²) in [4.78, 5) is 4.81. The van der Waals surface area contributed by atoms with Crippen LogP contribution in [0.5, 0.6) is 0 Å². The van der Waals surface area contributed by atoms with Gasteiger partial charge in [-0.05, 0) is 83.8 Å². The molecule has 0 unspecified atom stereocenters. The fourth-order valence-electron chi connectivity index (χ4n) is 5.11. The third kappa shape index (κ3) is 5.12. The number of aromatic nitrogens is 1. The minimum absolute atomic E-state index is 0.0815. The van der Waals surface area contributed by atoms with Gasteiger partial charge in [0.15, 0.2) is 0 Å². The maximum absolute atomic E-state index is 4.81. The van der Waals surface area contributed by atoms with E-state index in [0.717, 1.165) is 11.3 Å². The summed E-state index contributed by atoms with van der Waals surface area (Å²) in [6, 6.07) is 29.6. The van der Waals surface area contributed by atoms with E-state index in [-0.39, 0.29) is 16.2 Å². The fraction of sp³-hybridized carbons (Fsp3) is 0.324. The number of pyridine rings is 1.